The Morgan fingerprint density at radius 2 is 1.75 bits per heavy atom. The number of nitrogens with zero attached hydrogens (tertiary/aromatic N) is 2. The van der Waals surface area contributed by atoms with Crippen molar-refractivity contribution in [3.8, 4) is 11.5 Å². The van der Waals surface area contributed by atoms with Crippen molar-refractivity contribution in [1.29, 1.82) is 0 Å². The molecule has 2 aromatic carbocycles. The molecule has 0 N–H and O–H groups in total. The van der Waals surface area contributed by atoms with Gasteiger partial charge >= 0.3 is 0 Å². The number of carbonyl (C=O) groups excluding carboxylic acids is 1. The van der Waals surface area contributed by atoms with Gasteiger partial charge in [0.25, 0.3) is 11.6 Å². The first-order chi connectivity index (χ1) is 13.6. The molecule has 144 valence electrons. The second-order valence-electron chi connectivity index (χ2n) is 6.77. The van der Waals surface area contributed by atoms with Crippen LogP contribution < -0.4 is 9.47 Å². The van der Waals surface area contributed by atoms with Crippen LogP contribution in [0.1, 0.15) is 34.5 Å². The van der Waals surface area contributed by atoms with E-state index in [0.29, 0.717) is 0 Å². The summed E-state index contributed by atoms with van der Waals surface area (Å²) in [6.07, 6.45) is 3.75. The normalized spacial score (nSPS) is 13.2. The van der Waals surface area contributed by atoms with E-state index in [1.54, 1.807) is 4.57 Å². The van der Waals surface area contributed by atoms with Gasteiger partial charge in [-0.25, -0.2) is 0 Å². The Kier molecular flexibility index (Phi) is 4.50. The van der Waals surface area contributed by atoms with E-state index >= 15 is 0 Å². The van der Waals surface area contributed by atoms with E-state index in [9.17, 15) is 14.9 Å². The Morgan fingerprint density at radius 3 is 2.46 bits per heavy atom. The Hall–Kier alpha value is -3.35. The predicted molar refractivity (Wildman–Crippen MR) is 105 cm³/mol. The maximum Gasteiger partial charge on any atom is 0.286 e. The van der Waals surface area contributed by atoms with Gasteiger partial charge in [-0.1, -0.05) is 18.2 Å². The fourth-order valence-electron chi connectivity index (χ4n) is 4.04. The second-order valence-corrected chi connectivity index (χ2v) is 6.77. The summed E-state index contributed by atoms with van der Waals surface area (Å²) in [7, 11) is 2.84. The molecule has 0 aliphatic heterocycles. The van der Waals surface area contributed by atoms with E-state index in [1.807, 2.05) is 24.3 Å². The number of benzene rings is 2. The van der Waals surface area contributed by atoms with E-state index < -0.39 is 10.8 Å². The van der Waals surface area contributed by atoms with Crippen LogP contribution in [-0.4, -0.2) is 29.6 Å². The van der Waals surface area contributed by atoms with Crippen molar-refractivity contribution < 1.29 is 19.2 Å². The molecule has 7 heteroatoms. The molecule has 0 saturated heterocycles. The molecule has 0 fully saturated rings. The van der Waals surface area contributed by atoms with Gasteiger partial charge < -0.3 is 9.47 Å². The van der Waals surface area contributed by atoms with E-state index in [-0.39, 0.29) is 22.7 Å². The third kappa shape index (κ3) is 2.70. The minimum atomic E-state index is -0.562. The third-order valence-corrected chi connectivity index (χ3v) is 5.31. The molecule has 0 saturated carbocycles. The summed E-state index contributed by atoms with van der Waals surface area (Å²) in [5.41, 5.74) is 2.57. The molecule has 0 amide bonds. The van der Waals surface area contributed by atoms with Crippen molar-refractivity contribution in [1.82, 2.24) is 4.57 Å². The van der Waals surface area contributed by atoms with Gasteiger partial charge in [0.15, 0.2) is 11.5 Å². The molecule has 7 nitrogen and oxygen atoms in total. The molecule has 1 aromatic heterocycles. The second kappa shape index (κ2) is 6.99. The maximum atomic E-state index is 13.5. The quantitative estimate of drug-likeness (QED) is 0.502. The highest BCUT2D eigenvalue weighted by Crippen LogP contribution is 2.37. The van der Waals surface area contributed by atoms with Gasteiger partial charge in [-0.15, -0.1) is 0 Å². The number of aromatic nitrogens is 1. The Morgan fingerprint density at radius 1 is 1.07 bits per heavy atom. The number of rotatable bonds is 4. The van der Waals surface area contributed by atoms with Crippen LogP contribution in [0.2, 0.25) is 0 Å². The number of fused-ring (bicyclic) bond motifs is 3. The van der Waals surface area contributed by atoms with Crippen molar-refractivity contribution >= 4 is 22.5 Å². The predicted octanol–water partition coefficient (Wildman–Crippen LogP) is 4.13. The minimum Gasteiger partial charge on any atom is -0.493 e. The standard InChI is InChI=1S/C21H20N2O5/c1-27-19-11-15(18(23(25)26)12-20(19)28-2)21(24)22-16-9-5-3-7-13(16)14-8-4-6-10-17(14)22/h3,5,7,9,11-12H,4,6,8,10H2,1-2H3. The molecule has 0 spiro atoms. The number of nitro benzene ring substituents is 1. The van der Waals surface area contributed by atoms with Crippen LogP contribution >= 0.6 is 0 Å². The zero-order chi connectivity index (χ0) is 19.8. The van der Waals surface area contributed by atoms with E-state index in [1.165, 1.54) is 31.9 Å². The van der Waals surface area contributed by atoms with Gasteiger partial charge in [0, 0.05) is 17.1 Å². The molecule has 1 aliphatic carbocycles. The van der Waals surface area contributed by atoms with Gasteiger partial charge in [0.05, 0.1) is 30.7 Å². The topological polar surface area (TPSA) is 83.6 Å². The van der Waals surface area contributed by atoms with Gasteiger partial charge in [0.1, 0.15) is 5.56 Å². The lowest BCUT2D eigenvalue weighted by molar-refractivity contribution is -0.385. The van der Waals surface area contributed by atoms with Crippen molar-refractivity contribution in [2.24, 2.45) is 0 Å². The first-order valence-corrected chi connectivity index (χ1v) is 9.13. The lowest BCUT2D eigenvalue weighted by Gasteiger charge is -2.16. The molecule has 1 heterocycles. The highest BCUT2D eigenvalue weighted by molar-refractivity contribution is 6.06. The number of ether oxygens (including phenoxy) is 2. The molecule has 0 unspecified atom stereocenters. The number of methoxy groups -OCH3 is 2. The Bertz CT molecular complexity index is 1100. The summed E-state index contributed by atoms with van der Waals surface area (Å²) in [6.45, 7) is 0. The van der Waals surface area contributed by atoms with Crippen molar-refractivity contribution in [2.45, 2.75) is 25.7 Å². The number of hydrogen-bond donors (Lipinski definition) is 0. The number of aryl methyl sites for hydroxylation is 1. The first-order valence-electron chi connectivity index (χ1n) is 9.13. The molecule has 0 atom stereocenters. The number of nitro groups is 1. The average Bonchev–Trinajstić information content (AvgIpc) is 3.06. The molecule has 4 rings (SSSR count). The Balaban J connectivity index is 1.97. The summed E-state index contributed by atoms with van der Waals surface area (Å²) < 4.78 is 12.1. The van der Waals surface area contributed by atoms with E-state index in [4.69, 9.17) is 9.47 Å². The SMILES string of the molecule is COc1cc(C(=O)n2c3c(c4ccccc42)CCCC3)c([N+](=O)[O-])cc1OC. The summed E-state index contributed by atoms with van der Waals surface area (Å²) in [6, 6.07) is 10.4. The largest absolute Gasteiger partial charge is 0.493 e. The van der Waals surface area contributed by atoms with Crippen molar-refractivity contribution in [2.75, 3.05) is 14.2 Å². The monoisotopic (exact) mass is 380 g/mol. The summed E-state index contributed by atoms with van der Waals surface area (Å²) in [5, 5.41) is 12.7. The van der Waals surface area contributed by atoms with E-state index in [2.05, 4.69) is 0 Å². The van der Waals surface area contributed by atoms with Crippen LogP contribution in [0.15, 0.2) is 36.4 Å². The van der Waals surface area contributed by atoms with Crippen molar-refractivity contribution in [3.05, 3.63) is 63.3 Å². The number of para-hydroxylation sites is 1. The fourth-order valence-corrected chi connectivity index (χ4v) is 4.04. The highest BCUT2D eigenvalue weighted by Gasteiger charge is 2.30. The molecular formula is C21H20N2O5. The minimum absolute atomic E-state index is 0.0169. The van der Waals surface area contributed by atoms with Gasteiger partial charge in [0.2, 0.25) is 0 Å². The average molecular weight is 380 g/mol. The van der Waals surface area contributed by atoms with Crippen molar-refractivity contribution in [3.63, 3.8) is 0 Å². The third-order valence-electron chi connectivity index (χ3n) is 5.31. The fraction of sp³-hybridized carbons (Fsp3) is 0.286. The van der Waals surface area contributed by atoms with Crippen LogP contribution in [0.4, 0.5) is 5.69 Å². The van der Waals surface area contributed by atoms with Crippen LogP contribution in [0.25, 0.3) is 10.9 Å². The van der Waals surface area contributed by atoms with Crippen LogP contribution in [0.5, 0.6) is 11.5 Å². The van der Waals surface area contributed by atoms with Gasteiger partial charge in [-0.3, -0.25) is 19.5 Å². The molecule has 0 bridgehead atoms. The van der Waals surface area contributed by atoms with Crippen LogP contribution in [0.3, 0.4) is 0 Å². The van der Waals surface area contributed by atoms with Crippen LogP contribution in [-0.2, 0) is 12.8 Å². The van der Waals surface area contributed by atoms with Gasteiger partial charge in [-0.2, -0.15) is 0 Å². The summed E-state index contributed by atoms with van der Waals surface area (Å²) >= 11 is 0. The highest BCUT2D eigenvalue weighted by atomic mass is 16.6. The smallest absolute Gasteiger partial charge is 0.286 e. The summed E-state index contributed by atoms with van der Waals surface area (Å²) in [4.78, 5) is 24.7. The lowest BCUT2D eigenvalue weighted by Crippen LogP contribution is -2.18. The molecule has 28 heavy (non-hydrogen) atoms. The maximum absolute atomic E-state index is 13.5. The summed E-state index contributed by atoms with van der Waals surface area (Å²) in [5.74, 6) is 0.0684. The lowest BCUT2D eigenvalue weighted by atomic mass is 9.95. The first kappa shape index (κ1) is 18.0. The molecule has 1 aliphatic rings. The molecule has 0 radical (unpaired) electrons. The number of carbonyl (C=O) groups is 1. The van der Waals surface area contributed by atoms with Crippen LogP contribution in [0, 0.1) is 10.1 Å². The van der Waals surface area contributed by atoms with Gasteiger partial charge in [-0.05, 0) is 37.3 Å². The zero-order valence-electron chi connectivity index (χ0n) is 15.7. The molecular weight excluding hydrogens is 360 g/mol. The van der Waals surface area contributed by atoms with E-state index in [0.717, 1.165) is 42.3 Å². The Labute approximate surface area is 161 Å². The zero-order valence-corrected chi connectivity index (χ0v) is 15.7. The number of hydrogen-bond acceptors (Lipinski definition) is 5. The molecule has 3 aromatic rings.